The lowest BCUT2D eigenvalue weighted by molar-refractivity contribution is 0.280. The zero-order valence-corrected chi connectivity index (χ0v) is 29.5. The van der Waals surface area contributed by atoms with E-state index in [-0.39, 0.29) is 0 Å². The van der Waals surface area contributed by atoms with Crippen LogP contribution in [-0.4, -0.2) is 78.4 Å². The lowest BCUT2D eigenvalue weighted by Crippen LogP contribution is -2.31. The van der Waals surface area contributed by atoms with Crippen molar-refractivity contribution >= 4 is 28.8 Å². The van der Waals surface area contributed by atoms with Crippen LogP contribution in [0.5, 0.6) is 0 Å². The largest absolute Gasteiger partial charge is 0.499 e. The number of allylic oxidation sites excluding steroid dienone is 5. The van der Waals surface area contributed by atoms with Crippen LogP contribution in [0, 0.1) is 0 Å². The van der Waals surface area contributed by atoms with Crippen molar-refractivity contribution < 1.29 is 4.74 Å². The van der Waals surface area contributed by atoms with E-state index in [4.69, 9.17) is 19.7 Å². The van der Waals surface area contributed by atoms with Crippen LogP contribution in [0.2, 0.25) is 0 Å². The van der Waals surface area contributed by atoms with Gasteiger partial charge in [-0.1, -0.05) is 42.2 Å². The highest BCUT2D eigenvalue weighted by Crippen LogP contribution is 2.39. The first kappa shape index (κ1) is 33.8. The van der Waals surface area contributed by atoms with Gasteiger partial charge in [0.1, 0.15) is 11.5 Å². The van der Waals surface area contributed by atoms with Crippen LogP contribution >= 0.6 is 0 Å². The summed E-state index contributed by atoms with van der Waals surface area (Å²) in [5, 5.41) is 8.19. The molecule has 9 heteroatoms. The van der Waals surface area contributed by atoms with Gasteiger partial charge in [0, 0.05) is 80.8 Å². The van der Waals surface area contributed by atoms with Crippen LogP contribution < -0.4 is 10.6 Å². The van der Waals surface area contributed by atoms with E-state index in [9.17, 15) is 0 Å². The van der Waals surface area contributed by atoms with Crippen molar-refractivity contribution in [3.8, 4) is 11.3 Å². The van der Waals surface area contributed by atoms with E-state index in [1.165, 1.54) is 22.0 Å². The number of rotatable bonds is 12. The third-order valence-corrected chi connectivity index (χ3v) is 9.25. The molecule has 2 N–H and O–H groups in total. The molecule has 2 aliphatic heterocycles. The summed E-state index contributed by atoms with van der Waals surface area (Å²) >= 11 is 0. The fourth-order valence-corrected chi connectivity index (χ4v) is 6.62. The van der Waals surface area contributed by atoms with Gasteiger partial charge in [-0.2, -0.15) is 0 Å². The first-order chi connectivity index (χ1) is 23.9. The highest BCUT2D eigenvalue weighted by Gasteiger charge is 2.23. The Bertz CT molecular complexity index is 1950. The van der Waals surface area contributed by atoms with Crippen molar-refractivity contribution in [1.29, 1.82) is 0 Å². The average molecular weight is 657 g/mol. The Morgan fingerprint density at radius 3 is 2.84 bits per heavy atom. The molecule has 254 valence electrons. The maximum atomic E-state index is 5.96. The molecule has 0 fully saturated rings. The molecule has 3 aromatic rings. The molecule has 0 saturated heterocycles. The zero-order valence-electron chi connectivity index (χ0n) is 29.5. The average Bonchev–Trinajstić information content (AvgIpc) is 3.47. The number of methoxy groups -OCH3 is 1. The fourth-order valence-electron chi connectivity index (χ4n) is 6.62. The second kappa shape index (κ2) is 15.4. The third-order valence-electron chi connectivity index (χ3n) is 9.25. The van der Waals surface area contributed by atoms with Crippen molar-refractivity contribution in [1.82, 2.24) is 29.7 Å². The highest BCUT2D eigenvalue weighted by molar-refractivity contribution is 6.00. The number of aryl methyl sites for hydroxylation is 2. The summed E-state index contributed by atoms with van der Waals surface area (Å²) in [5.41, 5.74) is 13.9. The predicted molar refractivity (Wildman–Crippen MR) is 202 cm³/mol. The second-order valence-electron chi connectivity index (χ2n) is 13.0. The van der Waals surface area contributed by atoms with Gasteiger partial charge in [0.25, 0.3) is 0 Å². The van der Waals surface area contributed by atoms with Gasteiger partial charge in [-0.25, -0.2) is 9.97 Å². The number of hydrogen-bond donors (Lipinski definition) is 2. The van der Waals surface area contributed by atoms with Crippen LogP contribution in [0.3, 0.4) is 0 Å². The molecule has 3 aliphatic rings. The number of likely N-dealkylation sites (N-methyl/N-ethyl adjacent to an activating group) is 2. The molecule has 0 bridgehead atoms. The minimum absolute atomic E-state index is 0.481. The molecular weight excluding hydrogens is 608 g/mol. The number of aromatic nitrogens is 3. The standard InChI is InChI=1S/C40H48N8O/c1-7-21-41-33-17-18-34(36(49-6)20-19-35(33)47(5)25-24-46(3)4)44-40-43-26-31(37-28(2)13-9-8-10-22-42-37)38(45-40)32-27-48-23-12-15-29-14-11-16-30(32)39(29)48/h7-8,10-11,14,16,18-19,22,26-27,41H,1,9,12-13,15,20-21,23-25H2,2-6H3,(H,43,44,45)/b10-8+,35-19?,36-34-,37-28?,42-22?. The van der Waals surface area contributed by atoms with E-state index < -0.39 is 0 Å². The molecule has 0 unspecified atom stereocenters. The summed E-state index contributed by atoms with van der Waals surface area (Å²) < 4.78 is 8.35. The van der Waals surface area contributed by atoms with Gasteiger partial charge in [-0.15, -0.1) is 6.58 Å². The van der Waals surface area contributed by atoms with Crippen LogP contribution in [0.1, 0.15) is 43.7 Å². The summed E-state index contributed by atoms with van der Waals surface area (Å²) in [7, 11) is 7.98. The fraction of sp³-hybridized carbons (Fsp3) is 0.350. The van der Waals surface area contributed by atoms with Gasteiger partial charge in [-0.05, 0) is 63.9 Å². The van der Waals surface area contributed by atoms with E-state index in [1.54, 1.807) is 7.11 Å². The highest BCUT2D eigenvalue weighted by atomic mass is 16.5. The van der Waals surface area contributed by atoms with Crippen LogP contribution in [-0.2, 0) is 17.7 Å². The van der Waals surface area contributed by atoms with Gasteiger partial charge in [-0.3, -0.25) is 4.99 Å². The van der Waals surface area contributed by atoms with Gasteiger partial charge < -0.3 is 29.7 Å². The molecular formula is C40H48N8O. The summed E-state index contributed by atoms with van der Waals surface area (Å²) in [6.45, 7) is 9.48. The summed E-state index contributed by atoms with van der Waals surface area (Å²) in [5.74, 6) is 1.25. The number of para-hydroxylation sites is 1. The molecule has 0 atom stereocenters. The maximum Gasteiger partial charge on any atom is 0.227 e. The van der Waals surface area contributed by atoms with Gasteiger partial charge in [0.2, 0.25) is 5.95 Å². The van der Waals surface area contributed by atoms with Crippen molar-refractivity contribution in [2.24, 2.45) is 4.99 Å². The molecule has 1 aromatic carbocycles. The van der Waals surface area contributed by atoms with E-state index in [0.717, 1.165) is 90.7 Å². The first-order valence-corrected chi connectivity index (χ1v) is 17.2. The topological polar surface area (TPSA) is 82.8 Å². The van der Waals surface area contributed by atoms with E-state index in [1.807, 2.05) is 30.6 Å². The van der Waals surface area contributed by atoms with Crippen molar-refractivity contribution in [2.45, 2.75) is 45.6 Å². The second-order valence-corrected chi connectivity index (χ2v) is 13.0. The molecule has 4 heterocycles. The Labute approximate surface area is 290 Å². The minimum atomic E-state index is 0.481. The lowest BCUT2D eigenvalue weighted by Gasteiger charge is -2.27. The Morgan fingerprint density at radius 1 is 1.14 bits per heavy atom. The third kappa shape index (κ3) is 7.48. The summed E-state index contributed by atoms with van der Waals surface area (Å²) in [4.78, 5) is 19.5. The summed E-state index contributed by atoms with van der Waals surface area (Å²) in [6, 6.07) is 6.63. The molecule has 1 aliphatic carbocycles. The molecule has 0 amide bonds. The monoisotopic (exact) mass is 656 g/mol. The van der Waals surface area contributed by atoms with Crippen molar-refractivity contribution in [3.63, 3.8) is 0 Å². The van der Waals surface area contributed by atoms with E-state index >= 15 is 0 Å². The number of anilines is 1. The number of nitrogens with one attached hydrogen (secondary N) is 2. The maximum absolute atomic E-state index is 5.96. The normalized spacial score (nSPS) is 18.3. The molecule has 6 rings (SSSR count). The minimum Gasteiger partial charge on any atom is -0.499 e. The first-order valence-electron chi connectivity index (χ1n) is 17.2. The van der Waals surface area contributed by atoms with E-state index in [2.05, 4.69) is 102 Å². The Hall–Kier alpha value is -5.11. The SMILES string of the molecule is C=CCNC1=C=C/C(Nc2ncc(C3=C(C)CC/C=C/C=N3)c(-c3cn4c5c(cccc35)CCC4)n2)=C(/OC)CC=C1N(C)CCN(C)C. The van der Waals surface area contributed by atoms with Crippen LogP contribution in [0.4, 0.5) is 5.95 Å². The molecule has 0 radical (unpaired) electrons. The molecule has 0 spiro atoms. The van der Waals surface area contributed by atoms with Gasteiger partial charge in [0.05, 0.1) is 35.4 Å². The van der Waals surface area contributed by atoms with Gasteiger partial charge >= 0.3 is 0 Å². The molecule has 49 heavy (non-hydrogen) atoms. The Balaban J connectivity index is 1.45. The quantitative estimate of drug-likeness (QED) is 0.160. The Kier molecular flexibility index (Phi) is 10.6. The number of ether oxygens (including phenoxy) is 1. The molecule has 2 aromatic heterocycles. The molecule has 0 saturated carbocycles. The van der Waals surface area contributed by atoms with E-state index in [0.29, 0.717) is 18.9 Å². The lowest BCUT2D eigenvalue weighted by atomic mass is 9.98. The number of benzene rings is 1. The number of aliphatic imine (C=N–C) groups is 1. The smallest absolute Gasteiger partial charge is 0.227 e. The van der Waals surface area contributed by atoms with Gasteiger partial charge in [0.15, 0.2) is 0 Å². The number of nitrogens with zero attached hydrogens (tertiary/aromatic N) is 6. The summed E-state index contributed by atoms with van der Waals surface area (Å²) in [6.07, 6.45) is 20.9. The molecule has 9 nitrogen and oxygen atoms in total. The Morgan fingerprint density at radius 2 is 2.02 bits per heavy atom. The van der Waals surface area contributed by atoms with Crippen molar-refractivity contribution in [3.05, 3.63) is 113 Å². The number of hydrogen-bond acceptors (Lipinski definition) is 8. The van der Waals surface area contributed by atoms with Crippen molar-refractivity contribution in [2.75, 3.05) is 53.2 Å². The zero-order chi connectivity index (χ0) is 34.3. The van der Waals surface area contributed by atoms with Crippen LogP contribution in [0.25, 0.3) is 27.9 Å². The van der Waals surface area contributed by atoms with Crippen LogP contribution in [0.15, 0.2) is 107 Å². The predicted octanol–water partition coefficient (Wildman–Crippen LogP) is 7.06.